The van der Waals surface area contributed by atoms with Gasteiger partial charge in [0.05, 0.1) is 5.57 Å². The number of anilines is 1. The SMILES string of the molecule is C=C(c1ccc(NC(C)=O)cc1)C(F)(F)F. The Bertz CT molecular complexity index is 406. The number of rotatable bonds is 2. The van der Waals surface area contributed by atoms with Crippen LogP contribution in [0.2, 0.25) is 0 Å². The van der Waals surface area contributed by atoms with E-state index in [9.17, 15) is 18.0 Å². The Hall–Kier alpha value is -1.78. The molecule has 1 aromatic carbocycles. The van der Waals surface area contributed by atoms with Crippen LogP contribution in [0, 0.1) is 0 Å². The summed E-state index contributed by atoms with van der Waals surface area (Å²) in [6.07, 6.45) is -4.43. The summed E-state index contributed by atoms with van der Waals surface area (Å²) in [5, 5.41) is 2.46. The summed E-state index contributed by atoms with van der Waals surface area (Å²) in [6.45, 7) is 4.30. The van der Waals surface area contributed by atoms with E-state index < -0.39 is 11.7 Å². The molecule has 0 aliphatic heterocycles. The molecule has 1 aromatic rings. The molecular formula is C11H10F3NO. The molecule has 0 aliphatic carbocycles. The molecule has 16 heavy (non-hydrogen) atoms. The molecule has 1 N–H and O–H groups in total. The van der Waals surface area contributed by atoms with E-state index in [1.807, 2.05) is 0 Å². The van der Waals surface area contributed by atoms with Crippen LogP contribution in [0.25, 0.3) is 5.57 Å². The Morgan fingerprint density at radius 1 is 1.25 bits per heavy atom. The molecule has 0 unspecified atom stereocenters. The summed E-state index contributed by atoms with van der Waals surface area (Å²) in [4.78, 5) is 10.7. The van der Waals surface area contributed by atoms with E-state index in [2.05, 4.69) is 11.9 Å². The highest BCUT2D eigenvalue weighted by Gasteiger charge is 2.32. The highest BCUT2D eigenvalue weighted by Crippen LogP contribution is 2.32. The zero-order valence-corrected chi connectivity index (χ0v) is 8.56. The minimum absolute atomic E-state index is 0.0124. The third kappa shape index (κ3) is 3.12. The number of benzene rings is 1. The first-order valence-corrected chi connectivity index (χ1v) is 4.45. The molecule has 0 aliphatic rings. The smallest absolute Gasteiger partial charge is 0.326 e. The molecule has 0 heterocycles. The van der Waals surface area contributed by atoms with E-state index in [-0.39, 0.29) is 11.5 Å². The van der Waals surface area contributed by atoms with Crippen molar-refractivity contribution in [1.29, 1.82) is 0 Å². The van der Waals surface area contributed by atoms with Gasteiger partial charge >= 0.3 is 6.18 Å². The highest BCUT2D eigenvalue weighted by atomic mass is 19.4. The maximum Gasteiger partial charge on any atom is 0.416 e. The zero-order valence-electron chi connectivity index (χ0n) is 8.56. The normalized spacial score (nSPS) is 11.0. The summed E-state index contributed by atoms with van der Waals surface area (Å²) in [5.41, 5.74) is -0.463. The Morgan fingerprint density at radius 3 is 2.12 bits per heavy atom. The molecule has 0 atom stereocenters. The topological polar surface area (TPSA) is 29.1 Å². The molecule has 0 radical (unpaired) electrons. The maximum absolute atomic E-state index is 12.3. The van der Waals surface area contributed by atoms with Crippen molar-refractivity contribution in [3.8, 4) is 0 Å². The number of carbonyl (C=O) groups is 1. The summed E-state index contributed by atoms with van der Waals surface area (Å²) < 4.78 is 36.8. The number of amides is 1. The Kier molecular flexibility index (Phi) is 3.37. The lowest BCUT2D eigenvalue weighted by Crippen LogP contribution is -2.10. The Morgan fingerprint density at radius 2 is 1.75 bits per heavy atom. The predicted molar refractivity (Wildman–Crippen MR) is 55.8 cm³/mol. The molecule has 86 valence electrons. The molecule has 0 fully saturated rings. The quantitative estimate of drug-likeness (QED) is 0.828. The van der Waals surface area contributed by atoms with E-state index >= 15 is 0 Å². The summed E-state index contributed by atoms with van der Waals surface area (Å²) >= 11 is 0. The van der Waals surface area contributed by atoms with Crippen LogP contribution in [0.4, 0.5) is 18.9 Å². The van der Waals surface area contributed by atoms with Gasteiger partial charge < -0.3 is 5.32 Å². The van der Waals surface area contributed by atoms with E-state index in [1.165, 1.54) is 31.2 Å². The molecule has 0 bridgehead atoms. The number of hydrogen-bond acceptors (Lipinski definition) is 1. The second-order valence-electron chi connectivity index (χ2n) is 3.23. The van der Waals surface area contributed by atoms with Gasteiger partial charge in [-0.15, -0.1) is 0 Å². The Labute approximate surface area is 90.8 Å². The predicted octanol–water partition coefficient (Wildman–Crippen LogP) is 3.22. The Balaban J connectivity index is 2.87. The van der Waals surface area contributed by atoms with Crippen molar-refractivity contribution in [2.24, 2.45) is 0 Å². The molecule has 0 saturated carbocycles. The third-order valence-electron chi connectivity index (χ3n) is 1.90. The van der Waals surface area contributed by atoms with Crippen molar-refractivity contribution in [1.82, 2.24) is 0 Å². The van der Waals surface area contributed by atoms with Crippen LogP contribution < -0.4 is 5.32 Å². The van der Waals surface area contributed by atoms with Gasteiger partial charge in [0.1, 0.15) is 0 Å². The monoisotopic (exact) mass is 229 g/mol. The van der Waals surface area contributed by atoms with Crippen molar-refractivity contribution in [2.75, 3.05) is 5.32 Å². The number of allylic oxidation sites excluding steroid dienone is 1. The summed E-state index contributed by atoms with van der Waals surface area (Å²) in [6, 6.07) is 5.32. The molecule has 0 aromatic heterocycles. The van der Waals surface area contributed by atoms with Crippen LogP contribution in [0.15, 0.2) is 30.8 Å². The fraction of sp³-hybridized carbons (Fsp3) is 0.182. The number of nitrogens with one attached hydrogen (secondary N) is 1. The number of carbonyl (C=O) groups excluding carboxylic acids is 1. The second-order valence-corrected chi connectivity index (χ2v) is 3.23. The van der Waals surface area contributed by atoms with Crippen LogP contribution in [-0.4, -0.2) is 12.1 Å². The van der Waals surface area contributed by atoms with Gasteiger partial charge in [-0.3, -0.25) is 4.79 Å². The second kappa shape index (κ2) is 4.38. The standard InChI is InChI=1S/C11H10F3NO/c1-7(11(12,13)14)9-3-5-10(6-4-9)15-8(2)16/h3-6H,1H2,2H3,(H,15,16). The zero-order chi connectivity index (χ0) is 12.3. The minimum Gasteiger partial charge on any atom is -0.326 e. The fourth-order valence-electron chi connectivity index (χ4n) is 1.12. The first-order chi connectivity index (χ1) is 7.30. The van der Waals surface area contributed by atoms with E-state index in [0.29, 0.717) is 5.69 Å². The lowest BCUT2D eigenvalue weighted by molar-refractivity contribution is -0.114. The molecule has 0 spiro atoms. The number of halogens is 3. The fourth-order valence-corrected chi connectivity index (χ4v) is 1.12. The molecule has 1 amide bonds. The van der Waals surface area contributed by atoms with Crippen molar-refractivity contribution < 1.29 is 18.0 Å². The molecular weight excluding hydrogens is 219 g/mol. The molecule has 0 saturated heterocycles. The average molecular weight is 229 g/mol. The molecule has 2 nitrogen and oxygen atoms in total. The van der Waals surface area contributed by atoms with Crippen LogP contribution in [0.1, 0.15) is 12.5 Å². The molecule has 5 heteroatoms. The van der Waals surface area contributed by atoms with Gasteiger partial charge in [0, 0.05) is 12.6 Å². The van der Waals surface area contributed by atoms with Crippen LogP contribution >= 0.6 is 0 Å². The van der Waals surface area contributed by atoms with Crippen molar-refractivity contribution >= 4 is 17.2 Å². The van der Waals surface area contributed by atoms with Crippen LogP contribution in [0.5, 0.6) is 0 Å². The van der Waals surface area contributed by atoms with Crippen molar-refractivity contribution in [3.63, 3.8) is 0 Å². The minimum atomic E-state index is -4.43. The largest absolute Gasteiger partial charge is 0.416 e. The number of hydrogen-bond donors (Lipinski definition) is 1. The maximum atomic E-state index is 12.3. The van der Waals surface area contributed by atoms with Crippen molar-refractivity contribution in [2.45, 2.75) is 13.1 Å². The van der Waals surface area contributed by atoms with Gasteiger partial charge in [-0.2, -0.15) is 13.2 Å². The van der Waals surface area contributed by atoms with Crippen molar-refractivity contribution in [3.05, 3.63) is 36.4 Å². The summed E-state index contributed by atoms with van der Waals surface area (Å²) in [7, 11) is 0. The van der Waals surface area contributed by atoms with E-state index in [0.717, 1.165) is 0 Å². The summed E-state index contributed by atoms with van der Waals surface area (Å²) in [5.74, 6) is -0.276. The first kappa shape index (κ1) is 12.3. The van der Waals surface area contributed by atoms with Gasteiger partial charge in [-0.25, -0.2) is 0 Å². The van der Waals surface area contributed by atoms with E-state index in [1.54, 1.807) is 0 Å². The van der Waals surface area contributed by atoms with Gasteiger partial charge in [-0.05, 0) is 17.7 Å². The van der Waals surface area contributed by atoms with Gasteiger partial charge in [-0.1, -0.05) is 18.7 Å². The third-order valence-corrected chi connectivity index (χ3v) is 1.90. The van der Waals surface area contributed by atoms with E-state index in [4.69, 9.17) is 0 Å². The lowest BCUT2D eigenvalue weighted by Gasteiger charge is -2.10. The highest BCUT2D eigenvalue weighted by molar-refractivity contribution is 5.88. The van der Waals surface area contributed by atoms with Crippen LogP contribution in [0.3, 0.4) is 0 Å². The average Bonchev–Trinajstić information content (AvgIpc) is 2.15. The lowest BCUT2D eigenvalue weighted by atomic mass is 10.1. The first-order valence-electron chi connectivity index (χ1n) is 4.45. The van der Waals surface area contributed by atoms with Crippen LogP contribution in [-0.2, 0) is 4.79 Å². The van der Waals surface area contributed by atoms with Gasteiger partial charge in [0.15, 0.2) is 0 Å². The number of alkyl halides is 3. The van der Waals surface area contributed by atoms with Gasteiger partial charge in [0.2, 0.25) is 5.91 Å². The molecule has 1 rings (SSSR count). The van der Waals surface area contributed by atoms with Gasteiger partial charge in [0.25, 0.3) is 0 Å².